The van der Waals surface area contributed by atoms with Crippen LogP contribution < -0.4 is 5.46 Å². The highest BCUT2D eigenvalue weighted by Gasteiger charge is 2.13. The molecule has 0 aromatic heterocycles. The topological polar surface area (TPSA) is 43.7 Å². The largest absolute Gasteiger partial charge is 0.488 e. The van der Waals surface area contributed by atoms with E-state index in [-0.39, 0.29) is 17.9 Å². The van der Waals surface area contributed by atoms with Gasteiger partial charge in [-0.1, -0.05) is 12.1 Å². The number of nitrogens with zero attached hydrogens (tertiary/aromatic N) is 1. The van der Waals surface area contributed by atoms with Gasteiger partial charge in [-0.2, -0.15) is 0 Å². The zero-order valence-corrected chi connectivity index (χ0v) is 9.46. The molecule has 0 aliphatic carbocycles. The fraction of sp³-hybridized carbons (Fsp3) is 0.333. The Bertz CT molecular complexity index is 323. The van der Waals surface area contributed by atoms with Crippen LogP contribution in [0.4, 0.5) is 4.39 Å². The van der Waals surface area contributed by atoms with Gasteiger partial charge in [-0.3, -0.25) is 0 Å². The lowest BCUT2D eigenvalue weighted by atomic mass is 9.80. The molecule has 2 N–H and O–H groups in total. The Hall–Kier alpha value is -0.615. The maximum Gasteiger partial charge on any atom is 0.488 e. The predicted molar refractivity (Wildman–Crippen MR) is 60.9 cm³/mol. The third-order valence-electron chi connectivity index (χ3n) is 1.86. The quantitative estimate of drug-likeness (QED) is 0.722. The maximum absolute atomic E-state index is 13.3. The zero-order chi connectivity index (χ0) is 10.7. The molecule has 0 aliphatic rings. The molecule has 0 aliphatic heterocycles. The van der Waals surface area contributed by atoms with Gasteiger partial charge < -0.3 is 14.9 Å². The SMILES string of the molecule is CN(C)Cc1ccc(B(O)O)cc1F.Cl. The van der Waals surface area contributed by atoms with E-state index in [1.54, 1.807) is 6.07 Å². The van der Waals surface area contributed by atoms with Gasteiger partial charge in [-0.15, -0.1) is 12.4 Å². The molecule has 3 nitrogen and oxygen atoms in total. The van der Waals surface area contributed by atoms with Gasteiger partial charge in [0.15, 0.2) is 0 Å². The number of halogens is 2. The summed E-state index contributed by atoms with van der Waals surface area (Å²) in [5, 5.41) is 17.6. The molecular formula is C9H14BClFNO2. The van der Waals surface area contributed by atoms with E-state index in [1.165, 1.54) is 6.07 Å². The number of benzene rings is 1. The second-order valence-corrected chi connectivity index (χ2v) is 3.46. The summed E-state index contributed by atoms with van der Waals surface area (Å²) in [5.41, 5.74) is 0.712. The van der Waals surface area contributed by atoms with Crippen molar-refractivity contribution in [2.45, 2.75) is 6.54 Å². The van der Waals surface area contributed by atoms with Crippen LogP contribution in [0.2, 0.25) is 0 Å². The van der Waals surface area contributed by atoms with Gasteiger partial charge in [0.2, 0.25) is 0 Å². The normalized spacial score (nSPS) is 10.0. The molecule has 0 unspecified atom stereocenters. The summed E-state index contributed by atoms with van der Waals surface area (Å²) >= 11 is 0. The van der Waals surface area contributed by atoms with E-state index < -0.39 is 12.9 Å². The van der Waals surface area contributed by atoms with Gasteiger partial charge in [0.25, 0.3) is 0 Å². The fourth-order valence-electron chi connectivity index (χ4n) is 1.19. The van der Waals surface area contributed by atoms with Crippen molar-refractivity contribution in [1.29, 1.82) is 0 Å². The molecule has 1 aromatic carbocycles. The van der Waals surface area contributed by atoms with Gasteiger partial charge in [-0.25, -0.2) is 4.39 Å². The highest BCUT2D eigenvalue weighted by Crippen LogP contribution is 2.06. The number of rotatable bonds is 3. The Labute approximate surface area is 95.1 Å². The van der Waals surface area contributed by atoms with E-state index in [0.717, 1.165) is 6.07 Å². The smallest absolute Gasteiger partial charge is 0.423 e. The first kappa shape index (κ1) is 14.4. The summed E-state index contributed by atoms with van der Waals surface area (Å²) in [4.78, 5) is 1.84. The van der Waals surface area contributed by atoms with E-state index >= 15 is 0 Å². The minimum Gasteiger partial charge on any atom is -0.423 e. The molecular weight excluding hydrogens is 219 g/mol. The van der Waals surface area contributed by atoms with Crippen LogP contribution in [0.3, 0.4) is 0 Å². The van der Waals surface area contributed by atoms with Crippen LogP contribution in [0.1, 0.15) is 5.56 Å². The van der Waals surface area contributed by atoms with Crippen molar-refractivity contribution in [3.05, 3.63) is 29.6 Å². The van der Waals surface area contributed by atoms with Crippen molar-refractivity contribution < 1.29 is 14.4 Å². The number of hydrogen-bond donors (Lipinski definition) is 2. The fourth-order valence-corrected chi connectivity index (χ4v) is 1.19. The minimum absolute atomic E-state index is 0. The van der Waals surface area contributed by atoms with Crippen molar-refractivity contribution in [3.8, 4) is 0 Å². The van der Waals surface area contributed by atoms with Crippen LogP contribution in [0.5, 0.6) is 0 Å². The van der Waals surface area contributed by atoms with Crippen LogP contribution in [0.25, 0.3) is 0 Å². The summed E-state index contributed by atoms with van der Waals surface area (Å²) in [7, 11) is 2.07. The highest BCUT2D eigenvalue weighted by molar-refractivity contribution is 6.58. The Morgan fingerprint density at radius 2 is 1.93 bits per heavy atom. The molecule has 0 heterocycles. The Morgan fingerprint density at radius 1 is 1.33 bits per heavy atom. The van der Waals surface area contributed by atoms with E-state index in [9.17, 15) is 4.39 Å². The van der Waals surface area contributed by atoms with Crippen molar-refractivity contribution in [2.24, 2.45) is 0 Å². The molecule has 0 spiro atoms. The molecule has 1 aromatic rings. The molecule has 84 valence electrons. The van der Waals surface area contributed by atoms with Crippen molar-refractivity contribution in [1.82, 2.24) is 4.90 Å². The van der Waals surface area contributed by atoms with Crippen LogP contribution in [-0.4, -0.2) is 36.2 Å². The Morgan fingerprint density at radius 3 is 2.33 bits per heavy atom. The molecule has 0 saturated carbocycles. The molecule has 1 rings (SSSR count). The van der Waals surface area contributed by atoms with Crippen LogP contribution in [-0.2, 0) is 6.54 Å². The van der Waals surface area contributed by atoms with E-state index in [1.807, 2.05) is 19.0 Å². The summed E-state index contributed by atoms with van der Waals surface area (Å²) in [5.74, 6) is -0.413. The predicted octanol–water partition coefficient (Wildman–Crippen LogP) is -0.0111. The van der Waals surface area contributed by atoms with Crippen molar-refractivity contribution >= 4 is 25.0 Å². The molecule has 0 amide bonds. The lowest BCUT2D eigenvalue weighted by molar-refractivity contribution is 0.392. The first-order chi connectivity index (χ1) is 6.50. The summed E-state index contributed by atoms with van der Waals surface area (Å²) in [6, 6.07) is 4.21. The molecule has 6 heteroatoms. The molecule has 0 bridgehead atoms. The summed E-state index contributed by atoms with van der Waals surface area (Å²) < 4.78 is 13.3. The average molecular weight is 233 g/mol. The Balaban J connectivity index is 0.00000196. The standard InChI is InChI=1S/C9H13BFNO2.ClH/c1-12(2)6-7-3-4-8(10(13)14)5-9(7)11;/h3-5,13-14H,6H2,1-2H3;1H. The first-order valence-corrected chi connectivity index (χ1v) is 4.30. The van der Waals surface area contributed by atoms with Gasteiger partial charge in [0, 0.05) is 12.1 Å². The van der Waals surface area contributed by atoms with Crippen molar-refractivity contribution in [3.63, 3.8) is 0 Å². The number of hydrogen-bond acceptors (Lipinski definition) is 3. The van der Waals surface area contributed by atoms with Gasteiger partial charge >= 0.3 is 7.12 Å². The monoisotopic (exact) mass is 233 g/mol. The van der Waals surface area contributed by atoms with Gasteiger partial charge in [-0.05, 0) is 25.6 Å². The van der Waals surface area contributed by atoms with Crippen LogP contribution in [0, 0.1) is 5.82 Å². The second kappa shape index (κ2) is 6.07. The van der Waals surface area contributed by atoms with Gasteiger partial charge in [0.1, 0.15) is 5.82 Å². The maximum atomic E-state index is 13.3. The summed E-state index contributed by atoms with van der Waals surface area (Å²) in [6.45, 7) is 0.494. The lowest BCUT2D eigenvalue weighted by Crippen LogP contribution is -2.30. The molecule has 0 fully saturated rings. The van der Waals surface area contributed by atoms with Gasteiger partial charge in [0.05, 0.1) is 0 Å². The third kappa shape index (κ3) is 4.18. The van der Waals surface area contributed by atoms with E-state index in [4.69, 9.17) is 10.0 Å². The molecule has 0 atom stereocenters. The minimum atomic E-state index is -1.61. The van der Waals surface area contributed by atoms with E-state index in [0.29, 0.717) is 12.1 Å². The van der Waals surface area contributed by atoms with Crippen LogP contribution in [0.15, 0.2) is 18.2 Å². The van der Waals surface area contributed by atoms with Crippen molar-refractivity contribution in [2.75, 3.05) is 14.1 Å². The summed E-state index contributed by atoms with van der Waals surface area (Å²) in [6.07, 6.45) is 0. The van der Waals surface area contributed by atoms with E-state index in [2.05, 4.69) is 0 Å². The lowest BCUT2D eigenvalue weighted by Gasteiger charge is -2.11. The zero-order valence-electron chi connectivity index (χ0n) is 8.64. The first-order valence-electron chi connectivity index (χ1n) is 4.30. The van der Waals surface area contributed by atoms with Crippen LogP contribution >= 0.6 is 12.4 Å². The third-order valence-corrected chi connectivity index (χ3v) is 1.86. The average Bonchev–Trinajstić information content (AvgIpc) is 2.07. The Kier molecular flexibility index (Phi) is 5.83. The highest BCUT2D eigenvalue weighted by atomic mass is 35.5. The molecule has 0 saturated heterocycles. The molecule has 0 radical (unpaired) electrons. The molecule has 15 heavy (non-hydrogen) atoms. The second-order valence-electron chi connectivity index (χ2n) is 3.46.